The van der Waals surface area contributed by atoms with Crippen LogP contribution in [-0.2, 0) is 14.8 Å². The van der Waals surface area contributed by atoms with Crippen molar-refractivity contribution in [3.05, 3.63) is 28.8 Å². The van der Waals surface area contributed by atoms with Crippen LogP contribution in [0, 0.1) is 0 Å². The van der Waals surface area contributed by atoms with Gasteiger partial charge in [0, 0.05) is 36.3 Å². The number of sulfonamides is 1. The van der Waals surface area contributed by atoms with Gasteiger partial charge in [-0.1, -0.05) is 18.9 Å². The molecule has 1 amide bonds. The largest absolute Gasteiger partial charge is 0.371 e. The first kappa shape index (κ1) is 20.7. The van der Waals surface area contributed by atoms with Gasteiger partial charge in [-0.3, -0.25) is 4.79 Å². The highest BCUT2D eigenvalue weighted by atomic mass is 32.2. The molecule has 9 heteroatoms. The molecule has 2 aromatic rings. The molecule has 0 spiro atoms. The third-order valence-corrected chi connectivity index (χ3v) is 9.06. The second-order valence-electron chi connectivity index (χ2n) is 8.00. The van der Waals surface area contributed by atoms with Crippen molar-refractivity contribution in [1.82, 2.24) is 14.6 Å². The highest BCUT2D eigenvalue weighted by molar-refractivity contribution is 7.89. The van der Waals surface area contributed by atoms with Gasteiger partial charge in [0.1, 0.15) is 9.71 Å². The van der Waals surface area contributed by atoms with Crippen molar-refractivity contribution in [2.75, 3.05) is 19.7 Å². The van der Waals surface area contributed by atoms with Crippen LogP contribution in [0.2, 0.25) is 0 Å². The number of hydrogen-bond donors (Lipinski definition) is 1. The van der Waals surface area contributed by atoms with E-state index in [0.29, 0.717) is 18.0 Å². The van der Waals surface area contributed by atoms with E-state index in [1.54, 1.807) is 10.5 Å². The molecule has 2 aromatic heterocycles. The molecule has 158 valence electrons. The Hall–Kier alpha value is -1.55. The van der Waals surface area contributed by atoms with E-state index >= 15 is 0 Å². The average Bonchev–Trinajstić information content (AvgIpc) is 3.36. The Bertz CT molecular complexity index is 996. The third kappa shape index (κ3) is 4.05. The van der Waals surface area contributed by atoms with Gasteiger partial charge in [-0.2, -0.15) is 4.31 Å². The number of nitrogens with zero attached hydrogens (tertiary/aromatic N) is 2. The minimum atomic E-state index is -3.35. The molecule has 7 nitrogen and oxygen atoms in total. The predicted octanol–water partition coefficient (Wildman–Crippen LogP) is 3.08. The summed E-state index contributed by atoms with van der Waals surface area (Å²) in [5.41, 5.74) is 0.752. The van der Waals surface area contributed by atoms with Gasteiger partial charge in [-0.15, -0.1) is 11.3 Å². The van der Waals surface area contributed by atoms with E-state index < -0.39 is 16.1 Å². The van der Waals surface area contributed by atoms with Crippen molar-refractivity contribution >= 4 is 37.5 Å². The molecular formula is C20H27N3O4S2. The van der Waals surface area contributed by atoms with E-state index in [1.807, 2.05) is 26.0 Å². The second-order valence-corrected chi connectivity index (χ2v) is 11.2. The topological polar surface area (TPSA) is 88.6 Å². The first-order chi connectivity index (χ1) is 13.9. The molecule has 1 aliphatic carbocycles. The quantitative estimate of drug-likeness (QED) is 0.777. The number of fused-ring (bicyclic) bond motifs is 1. The number of pyridine rings is 1. The molecule has 29 heavy (non-hydrogen) atoms. The van der Waals surface area contributed by atoms with Gasteiger partial charge in [0.15, 0.2) is 0 Å². The molecule has 0 radical (unpaired) electrons. The monoisotopic (exact) mass is 437 g/mol. The first-order valence-corrected chi connectivity index (χ1v) is 12.5. The van der Waals surface area contributed by atoms with Gasteiger partial charge < -0.3 is 10.1 Å². The standard InChI is InChI=1S/C20H27N3O4S2/c1-13(2)22-19(24)18-17(15-8-5-9-21-20(15)28-18)16-12-23(10-11-27-16)29(25,26)14-6-3-4-7-14/h5,8-9,13-14,16H,3-4,6-7,10-12H2,1-2H3,(H,22,24)/t16-/m1/s1. The number of amides is 1. The molecule has 1 N–H and O–H groups in total. The molecule has 4 rings (SSSR count). The second kappa shape index (κ2) is 8.29. The molecule has 0 bridgehead atoms. The van der Waals surface area contributed by atoms with Crippen molar-refractivity contribution in [3.8, 4) is 0 Å². The van der Waals surface area contributed by atoms with Crippen LogP contribution in [0.25, 0.3) is 10.2 Å². The smallest absolute Gasteiger partial charge is 0.262 e. The molecular weight excluding hydrogens is 410 g/mol. The van der Waals surface area contributed by atoms with Crippen LogP contribution in [0.1, 0.15) is 60.9 Å². The lowest BCUT2D eigenvalue weighted by atomic mass is 10.0. The highest BCUT2D eigenvalue weighted by Gasteiger charge is 2.39. The van der Waals surface area contributed by atoms with Crippen LogP contribution in [0.15, 0.2) is 18.3 Å². The van der Waals surface area contributed by atoms with Crippen LogP contribution >= 0.6 is 11.3 Å². The van der Waals surface area contributed by atoms with Crippen molar-refractivity contribution in [2.45, 2.75) is 56.9 Å². The van der Waals surface area contributed by atoms with Crippen LogP contribution < -0.4 is 5.32 Å². The summed E-state index contributed by atoms with van der Waals surface area (Å²) in [6.45, 7) is 4.75. The van der Waals surface area contributed by atoms with E-state index in [2.05, 4.69) is 10.3 Å². The predicted molar refractivity (Wildman–Crippen MR) is 114 cm³/mol. The zero-order valence-corrected chi connectivity index (χ0v) is 18.4. The Balaban J connectivity index is 1.69. The SMILES string of the molecule is CC(C)NC(=O)c1sc2ncccc2c1[C@H]1CN(S(=O)(=O)C2CCCC2)CCO1. The van der Waals surface area contributed by atoms with E-state index in [0.717, 1.165) is 41.5 Å². The molecule has 2 aliphatic rings. The maximum Gasteiger partial charge on any atom is 0.262 e. The van der Waals surface area contributed by atoms with Gasteiger partial charge in [0.05, 0.1) is 18.0 Å². The number of carbonyl (C=O) groups excluding carboxylic acids is 1. The summed E-state index contributed by atoms with van der Waals surface area (Å²) >= 11 is 1.33. The van der Waals surface area contributed by atoms with Crippen LogP contribution in [-0.4, -0.2) is 54.6 Å². The fourth-order valence-electron chi connectivity index (χ4n) is 4.20. The molecule has 1 saturated heterocycles. The third-order valence-electron chi connectivity index (χ3n) is 5.57. The van der Waals surface area contributed by atoms with Gasteiger partial charge in [0.2, 0.25) is 10.0 Å². The first-order valence-electron chi connectivity index (χ1n) is 10.2. The lowest BCUT2D eigenvalue weighted by Gasteiger charge is -2.34. The molecule has 1 aliphatic heterocycles. The molecule has 0 unspecified atom stereocenters. The van der Waals surface area contributed by atoms with Crippen molar-refractivity contribution in [3.63, 3.8) is 0 Å². The molecule has 1 saturated carbocycles. The van der Waals surface area contributed by atoms with Crippen molar-refractivity contribution in [2.24, 2.45) is 0 Å². The Labute approximate surface area is 175 Å². The highest BCUT2D eigenvalue weighted by Crippen LogP contribution is 2.38. The fourth-order valence-corrected chi connectivity index (χ4v) is 7.32. The fraction of sp³-hybridized carbons (Fsp3) is 0.600. The van der Waals surface area contributed by atoms with E-state index in [1.165, 1.54) is 11.3 Å². The van der Waals surface area contributed by atoms with Gasteiger partial charge in [-0.25, -0.2) is 13.4 Å². The number of ether oxygens (including phenoxy) is 1. The van der Waals surface area contributed by atoms with Crippen molar-refractivity contribution in [1.29, 1.82) is 0 Å². The van der Waals surface area contributed by atoms with Crippen LogP contribution in [0.3, 0.4) is 0 Å². The number of morpholine rings is 1. The Morgan fingerprint density at radius 1 is 1.34 bits per heavy atom. The Morgan fingerprint density at radius 2 is 2.10 bits per heavy atom. The number of carbonyl (C=O) groups is 1. The van der Waals surface area contributed by atoms with Gasteiger partial charge in [-0.05, 0) is 32.8 Å². The summed E-state index contributed by atoms with van der Waals surface area (Å²) in [5.74, 6) is -0.169. The van der Waals surface area contributed by atoms with E-state index in [-0.39, 0.29) is 23.7 Å². The maximum absolute atomic E-state index is 13.1. The zero-order valence-electron chi connectivity index (χ0n) is 16.8. The number of hydrogen-bond acceptors (Lipinski definition) is 6. The summed E-state index contributed by atoms with van der Waals surface area (Å²) in [6, 6.07) is 3.76. The molecule has 0 aromatic carbocycles. The molecule has 3 heterocycles. The number of aromatic nitrogens is 1. The summed E-state index contributed by atoms with van der Waals surface area (Å²) < 4.78 is 33.8. The van der Waals surface area contributed by atoms with E-state index in [9.17, 15) is 13.2 Å². The number of thiophene rings is 1. The summed E-state index contributed by atoms with van der Waals surface area (Å²) in [6.07, 6.45) is 4.63. The number of nitrogens with one attached hydrogen (secondary N) is 1. The molecule has 2 fully saturated rings. The van der Waals surface area contributed by atoms with Gasteiger partial charge >= 0.3 is 0 Å². The molecule has 1 atom stereocenters. The van der Waals surface area contributed by atoms with Crippen molar-refractivity contribution < 1.29 is 17.9 Å². The lowest BCUT2D eigenvalue weighted by Crippen LogP contribution is -2.46. The summed E-state index contributed by atoms with van der Waals surface area (Å²) in [4.78, 5) is 18.6. The minimum Gasteiger partial charge on any atom is -0.371 e. The normalized spacial score (nSPS) is 21.8. The minimum absolute atomic E-state index is 0.0000356. The summed E-state index contributed by atoms with van der Waals surface area (Å²) in [5, 5.41) is 3.51. The van der Waals surface area contributed by atoms with Gasteiger partial charge in [0.25, 0.3) is 5.91 Å². The van der Waals surface area contributed by atoms with E-state index in [4.69, 9.17) is 4.74 Å². The maximum atomic E-state index is 13.1. The zero-order chi connectivity index (χ0) is 20.6. The average molecular weight is 438 g/mol. The summed E-state index contributed by atoms with van der Waals surface area (Å²) in [7, 11) is -3.35. The number of rotatable bonds is 5. The Morgan fingerprint density at radius 3 is 2.83 bits per heavy atom. The Kier molecular flexibility index (Phi) is 5.92. The lowest BCUT2D eigenvalue weighted by molar-refractivity contribution is -0.00220. The van der Waals surface area contributed by atoms with Crippen LogP contribution in [0.5, 0.6) is 0 Å². The van der Waals surface area contributed by atoms with Crippen LogP contribution in [0.4, 0.5) is 0 Å².